The zero-order valence-corrected chi connectivity index (χ0v) is 13.5. The standard InChI is InChI=1S/C17H30N2O/c1-5-19(6-2)13-7-12-18-15(3)14-16-8-10-17(20-4)11-9-16/h8-11,15,18H,5-7,12-14H2,1-4H3. The smallest absolute Gasteiger partial charge is 0.118 e. The second kappa shape index (κ2) is 9.78. The van der Waals surface area contributed by atoms with Gasteiger partial charge in [0.1, 0.15) is 5.75 Å². The summed E-state index contributed by atoms with van der Waals surface area (Å²) in [6, 6.07) is 8.87. The first-order valence-electron chi connectivity index (χ1n) is 7.78. The molecule has 1 aromatic carbocycles. The largest absolute Gasteiger partial charge is 0.497 e. The lowest BCUT2D eigenvalue weighted by molar-refractivity contribution is 0.296. The molecule has 3 heteroatoms. The van der Waals surface area contributed by atoms with Gasteiger partial charge in [0.2, 0.25) is 0 Å². The summed E-state index contributed by atoms with van der Waals surface area (Å²) in [5.74, 6) is 0.925. The average Bonchev–Trinajstić information content (AvgIpc) is 2.48. The van der Waals surface area contributed by atoms with Crippen LogP contribution < -0.4 is 10.1 Å². The number of nitrogens with zero attached hydrogens (tertiary/aromatic N) is 1. The molecule has 0 heterocycles. The number of rotatable bonds is 10. The van der Waals surface area contributed by atoms with E-state index in [1.54, 1.807) is 7.11 Å². The van der Waals surface area contributed by atoms with Crippen LogP contribution >= 0.6 is 0 Å². The van der Waals surface area contributed by atoms with E-state index in [-0.39, 0.29) is 0 Å². The minimum atomic E-state index is 0.514. The Morgan fingerprint density at radius 1 is 1.15 bits per heavy atom. The molecule has 0 aliphatic rings. The molecule has 1 unspecified atom stereocenters. The number of benzene rings is 1. The topological polar surface area (TPSA) is 24.5 Å². The van der Waals surface area contributed by atoms with Gasteiger partial charge in [-0.1, -0.05) is 26.0 Å². The van der Waals surface area contributed by atoms with E-state index in [0.717, 1.165) is 31.8 Å². The van der Waals surface area contributed by atoms with Gasteiger partial charge in [-0.05, 0) is 63.6 Å². The summed E-state index contributed by atoms with van der Waals surface area (Å²) in [4.78, 5) is 2.47. The molecule has 0 spiro atoms. The fourth-order valence-electron chi connectivity index (χ4n) is 2.38. The van der Waals surface area contributed by atoms with Gasteiger partial charge in [0.25, 0.3) is 0 Å². The summed E-state index contributed by atoms with van der Waals surface area (Å²) in [6.45, 7) is 11.3. The summed E-state index contributed by atoms with van der Waals surface area (Å²) in [6.07, 6.45) is 2.28. The highest BCUT2D eigenvalue weighted by molar-refractivity contribution is 5.27. The highest BCUT2D eigenvalue weighted by atomic mass is 16.5. The van der Waals surface area contributed by atoms with E-state index in [9.17, 15) is 0 Å². The average molecular weight is 278 g/mol. The number of hydrogen-bond acceptors (Lipinski definition) is 3. The van der Waals surface area contributed by atoms with Crippen molar-refractivity contribution in [3.8, 4) is 5.75 Å². The fraction of sp³-hybridized carbons (Fsp3) is 0.647. The summed E-state index contributed by atoms with van der Waals surface area (Å²) in [5.41, 5.74) is 1.36. The van der Waals surface area contributed by atoms with Gasteiger partial charge in [-0.2, -0.15) is 0 Å². The lowest BCUT2D eigenvalue weighted by atomic mass is 10.1. The van der Waals surface area contributed by atoms with Gasteiger partial charge in [-0.15, -0.1) is 0 Å². The van der Waals surface area contributed by atoms with Gasteiger partial charge in [-0.25, -0.2) is 0 Å². The molecule has 0 fully saturated rings. The first kappa shape index (κ1) is 17.0. The van der Waals surface area contributed by atoms with Gasteiger partial charge >= 0.3 is 0 Å². The maximum absolute atomic E-state index is 5.18. The number of hydrogen-bond donors (Lipinski definition) is 1. The van der Waals surface area contributed by atoms with Gasteiger partial charge in [0.15, 0.2) is 0 Å². The third kappa shape index (κ3) is 6.40. The van der Waals surface area contributed by atoms with Crippen LogP contribution in [0, 0.1) is 0 Å². The molecule has 20 heavy (non-hydrogen) atoms. The first-order chi connectivity index (χ1) is 9.69. The van der Waals surface area contributed by atoms with Crippen molar-refractivity contribution in [2.45, 2.75) is 39.7 Å². The number of nitrogens with one attached hydrogen (secondary N) is 1. The Bertz CT molecular complexity index is 347. The fourth-order valence-corrected chi connectivity index (χ4v) is 2.38. The maximum Gasteiger partial charge on any atom is 0.118 e. The number of ether oxygens (including phenoxy) is 1. The molecule has 1 aromatic rings. The Balaban J connectivity index is 2.20. The molecule has 1 atom stereocenters. The Morgan fingerprint density at radius 2 is 1.80 bits per heavy atom. The van der Waals surface area contributed by atoms with E-state index in [1.165, 1.54) is 18.5 Å². The molecule has 3 nitrogen and oxygen atoms in total. The molecule has 0 aliphatic carbocycles. The van der Waals surface area contributed by atoms with Crippen LogP contribution in [0.15, 0.2) is 24.3 Å². The zero-order chi connectivity index (χ0) is 14.8. The molecule has 0 saturated heterocycles. The van der Waals surface area contributed by atoms with Crippen molar-refractivity contribution in [3.05, 3.63) is 29.8 Å². The predicted molar refractivity (Wildman–Crippen MR) is 86.6 cm³/mol. The molecule has 114 valence electrons. The molecular formula is C17H30N2O. The molecule has 0 saturated carbocycles. The first-order valence-corrected chi connectivity index (χ1v) is 7.78. The van der Waals surface area contributed by atoms with E-state index in [1.807, 2.05) is 12.1 Å². The zero-order valence-electron chi connectivity index (χ0n) is 13.5. The van der Waals surface area contributed by atoms with Crippen LogP contribution in [0.2, 0.25) is 0 Å². The Kier molecular flexibility index (Phi) is 8.31. The molecule has 0 radical (unpaired) electrons. The maximum atomic E-state index is 5.18. The molecule has 1 N–H and O–H groups in total. The van der Waals surface area contributed by atoms with E-state index in [0.29, 0.717) is 6.04 Å². The van der Waals surface area contributed by atoms with Crippen LogP contribution in [0.1, 0.15) is 32.8 Å². The van der Waals surface area contributed by atoms with Crippen molar-refractivity contribution >= 4 is 0 Å². The summed E-state index contributed by atoms with van der Waals surface area (Å²) in [5, 5.41) is 3.61. The van der Waals surface area contributed by atoms with Crippen LogP contribution in [-0.2, 0) is 6.42 Å². The number of methoxy groups -OCH3 is 1. The van der Waals surface area contributed by atoms with E-state index in [2.05, 4.69) is 43.1 Å². The third-order valence-corrected chi connectivity index (χ3v) is 3.74. The minimum Gasteiger partial charge on any atom is -0.497 e. The highest BCUT2D eigenvalue weighted by Gasteiger charge is 2.04. The summed E-state index contributed by atoms with van der Waals surface area (Å²) in [7, 11) is 1.70. The third-order valence-electron chi connectivity index (χ3n) is 3.74. The lowest BCUT2D eigenvalue weighted by Crippen LogP contribution is -2.32. The van der Waals surface area contributed by atoms with Crippen LogP contribution in [0.3, 0.4) is 0 Å². The van der Waals surface area contributed by atoms with E-state index >= 15 is 0 Å². The predicted octanol–water partition coefficient (Wildman–Crippen LogP) is 2.95. The van der Waals surface area contributed by atoms with Gasteiger partial charge in [0, 0.05) is 6.04 Å². The van der Waals surface area contributed by atoms with Crippen LogP contribution in [0.5, 0.6) is 5.75 Å². The van der Waals surface area contributed by atoms with Crippen molar-refractivity contribution in [1.82, 2.24) is 10.2 Å². The normalized spacial score (nSPS) is 12.7. The van der Waals surface area contributed by atoms with Gasteiger partial charge in [-0.3, -0.25) is 0 Å². The Labute approximate surface area is 124 Å². The monoisotopic (exact) mass is 278 g/mol. The van der Waals surface area contributed by atoms with Crippen LogP contribution in [-0.4, -0.2) is 44.2 Å². The molecule has 0 amide bonds. The molecule has 0 bridgehead atoms. The lowest BCUT2D eigenvalue weighted by Gasteiger charge is -2.19. The van der Waals surface area contributed by atoms with E-state index < -0.39 is 0 Å². The van der Waals surface area contributed by atoms with Crippen molar-refractivity contribution in [2.24, 2.45) is 0 Å². The molecule has 1 rings (SSSR count). The van der Waals surface area contributed by atoms with Crippen molar-refractivity contribution in [3.63, 3.8) is 0 Å². The summed E-state index contributed by atoms with van der Waals surface area (Å²) < 4.78 is 5.18. The SMILES string of the molecule is CCN(CC)CCCNC(C)Cc1ccc(OC)cc1. The second-order valence-corrected chi connectivity index (χ2v) is 5.29. The van der Waals surface area contributed by atoms with Crippen LogP contribution in [0.4, 0.5) is 0 Å². The molecule has 0 aliphatic heterocycles. The van der Waals surface area contributed by atoms with Crippen molar-refractivity contribution in [1.29, 1.82) is 0 Å². The van der Waals surface area contributed by atoms with Crippen molar-refractivity contribution < 1.29 is 4.74 Å². The second-order valence-electron chi connectivity index (χ2n) is 5.29. The van der Waals surface area contributed by atoms with E-state index in [4.69, 9.17) is 4.74 Å². The molecular weight excluding hydrogens is 248 g/mol. The summed E-state index contributed by atoms with van der Waals surface area (Å²) >= 11 is 0. The minimum absolute atomic E-state index is 0.514. The van der Waals surface area contributed by atoms with Gasteiger partial charge < -0.3 is 15.0 Å². The quantitative estimate of drug-likeness (QED) is 0.666. The molecule has 0 aromatic heterocycles. The van der Waals surface area contributed by atoms with Gasteiger partial charge in [0.05, 0.1) is 7.11 Å². The van der Waals surface area contributed by atoms with Crippen LogP contribution in [0.25, 0.3) is 0 Å². The highest BCUT2D eigenvalue weighted by Crippen LogP contribution is 2.12. The van der Waals surface area contributed by atoms with Crippen molar-refractivity contribution in [2.75, 3.05) is 33.3 Å². The Morgan fingerprint density at radius 3 is 2.35 bits per heavy atom. The Hall–Kier alpha value is -1.06.